The van der Waals surface area contributed by atoms with Crippen molar-refractivity contribution in [1.29, 1.82) is 5.26 Å². The Morgan fingerprint density at radius 3 is 2.30 bits per heavy atom. The number of halogens is 2. The fourth-order valence-electron chi connectivity index (χ4n) is 5.39. The summed E-state index contributed by atoms with van der Waals surface area (Å²) >= 11 is 12.7. The van der Waals surface area contributed by atoms with Crippen LogP contribution in [0.2, 0.25) is 10.0 Å². The summed E-state index contributed by atoms with van der Waals surface area (Å²) in [6.45, 7) is 10.8. The van der Waals surface area contributed by atoms with Gasteiger partial charge in [-0.3, -0.25) is 0 Å². The summed E-state index contributed by atoms with van der Waals surface area (Å²) in [6, 6.07) is 13.5. The molecule has 0 saturated carbocycles. The molecule has 4 rings (SSSR count). The smallest absolute Gasteiger partial charge is 0.159 e. The lowest BCUT2D eigenvalue weighted by Gasteiger charge is -2.46. The number of nitrogens with zero attached hydrogens (tertiary/aromatic N) is 3. The number of hydrogen-bond donors (Lipinski definition) is 4. The molecule has 7 nitrogen and oxygen atoms in total. The molecule has 1 aliphatic heterocycles. The Bertz CT molecular complexity index is 1310. The molecular weight excluding hydrogens is 505 g/mol. The van der Waals surface area contributed by atoms with Crippen LogP contribution in [0, 0.1) is 18.3 Å². The Morgan fingerprint density at radius 2 is 1.68 bits per heavy atom. The highest BCUT2D eigenvalue weighted by molar-refractivity contribution is 6.32. The lowest BCUT2D eigenvalue weighted by atomic mass is 9.79. The third kappa shape index (κ3) is 6.27. The topological polar surface area (TPSA) is 112 Å². The number of nitrogens with one attached hydrogen (secondary N) is 3. The molecule has 194 valence electrons. The van der Waals surface area contributed by atoms with Crippen molar-refractivity contribution in [1.82, 2.24) is 15.3 Å². The van der Waals surface area contributed by atoms with E-state index in [0.717, 1.165) is 35.2 Å². The number of nitrogens with two attached hydrogens (primary N) is 1. The minimum atomic E-state index is -0.518. The number of nitriles is 1. The molecule has 0 bridgehead atoms. The Labute approximate surface area is 228 Å². The molecule has 37 heavy (non-hydrogen) atoms. The van der Waals surface area contributed by atoms with E-state index in [-0.39, 0.29) is 17.1 Å². The summed E-state index contributed by atoms with van der Waals surface area (Å²) in [5.41, 5.74) is 10.1. The first-order valence-corrected chi connectivity index (χ1v) is 13.0. The normalized spacial score (nSPS) is 17.6. The fourth-order valence-corrected chi connectivity index (χ4v) is 5.79. The predicted octanol–water partition coefficient (Wildman–Crippen LogP) is 6.79. The van der Waals surface area contributed by atoms with Crippen molar-refractivity contribution in [2.75, 3.05) is 16.4 Å². The lowest BCUT2D eigenvalue weighted by Crippen LogP contribution is -2.60. The van der Waals surface area contributed by atoms with Crippen LogP contribution in [0.4, 0.5) is 23.0 Å². The number of nitrogen functional groups attached to an aromatic ring is 1. The van der Waals surface area contributed by atoms with E-state index in [0.29, 0.717) is 27.4 Å². The van der Waals surface area contributed by atoms with E-state index in [1.807, 2.05) is 25.1 Å². The highest BCUT2D eigenvalue weighted by atomic mass is 35.5. The van der Waals surface area contributed by atoms with E-state index in [2.05, 4.69) is 59.7 Å². The van der Waals surface area contributed by atoms with Gasteiger partial charge < -0.3 is 21.7 Å². The summed E-state index contributed by atoms with van der Waals surface area (Å²) in [4.78, 5) is 8.80. The molecule has 2 heterocycles. The monoisotopic (exact) mass is 537 g/mol. The number of aromatic nitrogens is 2. The van der Waals surface area contributed by atoms with Gasteiger partial charge in [-0.05, 0) is 82.3 Å². The van der Waals surface area contributed by atoms with Crippen molar-refractivity contribution in [2.24, 2.45) is 0 Å². The number of piperidine rings is 1. The molecule has 5 N–H and O–H groups in total. The molecular formula is C28H33Cl2N7. The number of hydrogen-bond acceptors (Lipinski definition) is 7. The fraction of sp³-hybridized carbons (Fsp3) is 0.393. The quantitative estimate of drug-likeness (QED) is 0.273. The van der Waals surface area contributed by atoms with E-state index in [1.54, 1.807) is 18.2 Å². The summed E-state index contributed by atoms with van der Waals surface area (Å²) in [6.07, 6.45) is 3.37. The molecule has 0 radical (unpaired) electrons. The molecule has 0 spiro atoms. The van der Waals surface area contributed by atoms with Crippen molar-refractivity contribution in [3.63, 3.8) is 0 Å². The van der Waals surface area contributed by atoms with Crippen molar-refractivity contribution in [3.8, 4) is 6.07 Å². The van der Waals surface area contributed by atoms with Gasteiger partial charge in [-0.15, -0.1) is 0 Å². The molecule has 9 heteroatoms. The summed E-state index contributed by atoms with van der Waals surface area (Å²) in [5.74, 6) is 0.575. The van der Waals surface area contributed by atoms with Crippen LogP contribution in [0.5, 0.6) is 0 Å². The second-order valence-corrected chi connectivity index (χ2v) is 11.9. The van der Waals surface area contributed by atoms with Crippen LogP contribution in [0.3, 0.4) is 0 Å². The van der Waals surface area contributed by atoms with Gasteiger partial charge in [0, 0.05) is 32.9 Å². The SMILES string of the molecule is Cc1cc(C(C#N)c2ccc(Cl)cc2)c(Cl)cc1Nc1ncnc(NC2CC(C)(C)NC(C)(C)C2)c1N. The van der Waals surface area contributed by atoms with Crippen LogP contribution in [-0.4, -0.2) is 27.1 Å². The Hall–Kier alpha value is -3.05. The maximum Gasteiger partial charge on any atom is 0.159 e. The highest BCUT2D eigenvalue weighted by Gasteiger charge is 2.38. The van der Waals surface area contributed by atoms with E-state index >= 15 is 0 Å². The predicted molar refractivity (Wildman–Crippen MR) is 153 cm³/mol. The number of rotatable bonds is 6. The van der Waals surface area contributed by atoms with Crippen LogP contribution in [0.15, 0.2) is 42.7 Å². The molecule has 1 atom stereocenters. The van der Waals surface area contributed by atoms with E-state index < -0.39 is 5.92 Å². The maximum atomic E-state index is 9.89. The highest BCUT2D eigenvalue weighted by Crippen LogP contribution is 2.37. The van der Waals surface area contributed by atoms with Gasteiger partial charge >= 0.3 is 0 Å². The van der Waals surface area contributed by atoms with Gasteiger partial charge in [-0.1, -0.05) is 41.4 Å². The Kier molecular flexibility index (Phi) is 7.57. The molecule has 0 amide bonds. The second-order valence-electron chi connectivity index (χ2n) is 11.1. The zero-order valence-electron chi connectivity index (χ0n) is 21.8. The van der Waals surface area contributed by atoms with Crippen molar-refractivity contribution < 1.29 is 0 Å². The van der Waals surface area contributed by atoms with Crippen LogP contribution < -0.4 is 21.7 Å². The minimum Gasteiger partial charge on any atom is -0.393 e. The Balaban J connectivity index is 1.57. The molecule has 3 aromatic rings. The van der Waals surface area contributed by atoms with Gasteiger partial charge in [-0.2, -0.15) is 5.26 Å². The van der Waals surface area contributed by atoms with Gasteiger partial charge in [0.15, 0.2) is 11.6 Å². The van der Waals surface area contributed by atoms with E-state index in [4.69, 9.17) is 28.9 Å². The van der Waals surface area contributed by atoms with Crippen molar-refractivity contribution >= 4 is 46.2 Å². The molecule has 1 unspecified atom stereocenters. The number of anilines is 4. The van der Waals surface area contributed by atoms with Gasteiger partial charge in [-0.25, -0.2) is 9.97 Å². The molecule has 1 saturated heterocycles. The summed E-state index contributed by atoms with van der Waals surface area (Å²) in [7, 11) is 0. The second kappa shape index (κ2) is 10.4. The lowest BCUT2D eigenvalue weighted by molar-refractivity contribution is 0.170. The molecule has 1 fully saturated rings. The van der Waals surface area contributed by atoms with Crippen LogP contribution in [-0.2, 0) is 0 Å². The zero-order valence-corrected chi connectivity index (χ0v) is 23.3. The van der Waals surface area contributed by atoms with Gasteiger partial charge in [0.05, 0.1) is 12.0 Å². The standard InChI is InChI=1S/C28H33Cl2N7/c1-16-10-20(21(14-31)17-6-8-18(29)9-7-17)22(30)11-23(16)36-26-24(32)25(33-15-34-26)35-19-12-27(2,3)37-28(4,5)13-19/h6-11,15,19,21,37H,12-13,32H2,1-5H3,(H2,33,34,35,36). The average molecular weight is 539 g/mol. The number of aryl methyl sites for hydroxylation is 1. The third-order valence-electron chi connectivity index (χ3n) is 6.66. The van der Waals surface area contributed by atoms with Gasteiger partial charge in [0.25, 0.3) is 0 Å². The summed E-state index contributed by atoms with van der Waals surface area (Å²) < 4.78 is 0. The van der Waals surface area contributed by atoms with Crippen molar-refractivity contribution in [3.05, 3.63) is 69.5 Å². The zero-order chi connectivity index (χ0) is 27.0. The largest absolute Gasteiger partial charge is 0.393 e. The first kappa shape index (κ1) is 27.0. The molecule has 1 aromatic heterocycles. The van der Waals surface area contributed by atoms with Crippen LogP contribution in [0.25, 0.3) is 0 Å². The third-order valence-corrected chi connectivity index (χ3v) is 7.23. The molecule has 1 aliphatic rings. The average Bonchev–Trinajstić information content (AvgIpc) is 2.79. The molecule has 2 aromatic carbocycles. The Morgan fingerprint density at radius 1 is 1.05 bits per heavy atom. The minimum absolute atomic E-state index is 0.00874. The van der Waals surface area contributed by atoms with Crippen LogP contribution >= 0.6 is 23.2 Å². The van der Waals surface area contributed by atoms with Gasteiger partial charge in [0.2, 0.25) is 0 Å². The van der Waals surface area contributed by atoms with E-state index in [1.165, 1.54) is 6.33 Å². The number of benzene rings is 2. The first-order chi connectivity index (χ1) is 17.4. The summed E-state index contributed by atoms with van der Waals surface area (Å²) in [5, 5.41) is 21.5. The maximum absolute atomic E-state index is 9.89. The van der Waals surface area contributed by atoms with Crippen LogP contribution in [0.1, 0.15) is 63.1 Å². The first-order valence-electron chi connectivity index (χ1n) is 12.3. The van der Waals surface area contributed by atoms with E-state index in [9.17, 15) is 5.26 Å². The molecule has 0 aliphatic carbocycles. The van der Waals surface area contributed by atoms with Gasteiger partial charge in [0.1, 0.15) is 12.0 Å². The van der Waals surface area contributed by atoms with Crippen molar-refractivity contribution in [2.45, 2.75) is 70.5 Å².